The van der Waals surface area contributed by atoms with E-state index >= 15 is 0 Å². The van der Waals surface area contributed by atoms with Crippen LogP contribution >= 0.6 is 0 Å². The number of H-pyrrole nitrogens is 1. The molecular weight excluding hydrogens is 256 g/mol. The number of anilines is 1. The summed E-state index contributed by atoms with van der Waals surface area (Å²) in [5.74, 6) is -0.0467. The van der Waals surface area contributed by atoms with Gasteiger partial charge in [-0.1, -0.05) is 0 Å². The number of fused-ring (bicyclic) bond motifs is 3. The Labute approximate surface area is 116 Å². The molecular formula is C14H16N4O2. The van der Waals surface area contributed by atoms with E-state index < -0.39 is 0 Å². The molecule has 2 aromatic rings. The highest BCUT2D eigenvalue weighted by molar-refractivity contribution is 5.95. The zero-order chi connectivity index (χ0) is 14.3. The van der Waals surface area contributed by atoms with Crippen molar-refractivity contribution in [2.24, 2.45) is 0 Å². The van der Waals surface area contributed by atoms with Gasteiger partial charge in [-0.3, -0.25) is 0 Å². The molecule has 0 atom stereocenters. The summed E-state index contributed by atoms with van der Waals surface area (Å²) in [5.41, 5.74) is 10.8. The third-order valence-corrected chi connectivity index (χ3v) is 3.53. The van der Waals surface area contributed by atoms with Crippen molar-refractivity contribution in [2.45, 2.75) is 26.7 Å². The van der Waals surface area contributed by atoms with Gasteiger partial charge in [-0.25, -0.2) is 14.8 Å². The van der Waals surface area contributed by atoms with Gasteiger partial charge in [0, 0.05) is 11.9 Å². The van der Waals surface area contributed by atoms with E-state index in [1.807, 2.05) is 6.92 Å². The van der Waals surface area contributed by atoms with Crippen LogP contribution in [0.3, 0.4) is 0 Å². The van der Waals surface area contributed by atoms with Crippen molar-refractivity contribution in [3.8, 4) is 11.4 Å². The van der Waals surface area contributed by atoms with E-state index in [1.54, 1.807) is 13.1 Å². The summed E-state index contributed by atoms with van der Waals surface area (Å²) < 4.78 is 5.13. The Morgan fingerprint density at radius 1 is 1.50 bits per heavy atom. The van der Waals surface area contributed by atoms with Crippen LogP contribution < -0.4 is 5.73 Å². The number of nitrogens with one attached hydrogen (secondary N) is 1. The smallest absolute Gasteiger partial charge is 0.340 e. The highest BCUT2D eigenvalue weighted by atomic mass is 16.5. The van der Waals surface area contributed by atoms with Gasteiger partial charge in [0.05, 0.1) is 23.6 Å². The van der Waals surface area contributed by atoms with Crippen molar-refractivity contribution >= 4 is 11.9 Å². The quantitative estimate of drug-likeness (QED) is 0.810. The Kier molecular flexibility index (Phi) is 2.93. The highest BCUT2D eigenvalue weighted by Crippen LogP contribution is 2.35. The molecule has 0 aromatic carbocycles. The van der Waals surface area contributed by atoms with Crippen LogP contribution in [0.1, 0.15) is 34.1 Å². The molecule has 3 rings (SSSR count). The van der Waals surface area contributed by atoms with E-state index in [0.717, 1.165) is 41.1 Å². The molecule has 1 aliphatic rings. The Morgan fingerprint density at radius 2 is 2.30 bits per heavy atom. The molecule has 20 heavy (non-hydrogen) atoms. The van der Waals surface area contributed by atoms with Gasteiger partial charge >= 0.3 is 5.97 Å². The van der Waals surface area contributed by atoms with E-state index in [0.29, 0.717) is 12.2 Å². The topological polar surface area (TPSA) is 93.9 Å². The minimum atomic E-state index is -0.284. The minimum absolute atomic E-state index is 0.238. The minimum Gasteiger partial charge on any atom is -0.462 e. The lowest BCUT2D eigenvalue weighted by atomic mass is 9.92. The molecule has 0 saturated heterocycles. The second kappa shape index (κ2) is 4.63. The monoisotopic (exact) mass is 272 g/mol. The van der Waals surface area contributed by atoms with Crippen LogP contribution in [0.4, 0.5) is 5.95 Å². The second-order valence-electron chi connectivity index (χ2n) is 4.80. The maximum atomic E-state index is 12.1. The standard InChI is InChI=1S/C14H16N4O2/c1-3-20-13(19)10-7(2)17-12-9(10)5-4-8-6-16-14(15)18-11(8)12/h6,17H,3-5H2,1-2H3,(H2,15,16,18). The number of aromatic amines is 1. The number of nitrogens with two attached hydrogens (primary N) is 1. The second-order valence-corrected chi connectivity index (χ2v) is 4.80. The SMILES string of the molecule is CCOC(=O)c1c(C)[nH]c2c1CCc1cnc(N)nc1-2. The van der Waals surface area contributed by atoms with Gasteiger partial charge in [0.25, 0.3) is 0 Å². The first-order valence-electron chi connectivity index (χ1n) is 6.62. The molecule has 6 nitrogen and oxygen atoms in total. The predicted molar refractivity (Wildman–Crippen MR) is 74.3 cm³/mol. The number of hydrogen-bond donors (Lipinski definition) is 2. The Balaban J connectivity index is 2.16. The molecule has 104 valence electrons. The van der Waals surface area contributed by atoms with Crippen LogP contribution in [0.2, 0.25) is 0 Å². The summed E-state index contributed by atoms with van der Waals surface area (Å²) >= 11 is 0. The molecule has 0 radical (unpaired) electrons. The van der Waals surface area contributed by atoms with Crippen molar-refractivity contribution in [1.29, 1.82) is 0 Å². The summed E-state index contributed by atoms with van der Waals surface area (Å²) in [7, 11) is 0. The van der Waals surface area contributed by atoms with Crippen LogP contribution in [-0.4, -0.2) is 27.5 Å². The summed E-state index contributed by atoms with van der Waals surface area (Å²) in [6.07, 6.45) is 3.32. The molecule has 0 fully saturated rings. The van der Waals surface area contributed by atoms with Crippen LogP contribution in [0.5, 0.6) is 0 Å². The fraction of sp³-hybridized carbons (Fsp3) is 0.357. The average molecular weight is 272 g/mol. The summed E-state index contributed by atoms with van der Waals surface area (Å²) in [4.78, 5) is 23.6. The Morgan fingerprint density at radius 3 is 3.05 bits per heavy atom. The van der Waals surface area contributed by atoms with E-state index in [2.05, 4.69) is 15.0 Å². The van der Waals surface area contributed by atoms with Crippen LogP contribution in [-0.2, 0) is 17.6 Å². The lowest BCUT2D eigenvalue weighted by molar-refractivity contribution is 0.0524. The van der Waals surface area contributed by atoms with Gasteiger partial charge in [0.15, 0.2) is 0 Å². The number of esters is 1. The molecule has 2 heterocycles. The first-order chi connectivity index (χ1) is 9.61. The van der Waals surface area contributed by atoms with Crippen LogP contribution in [0, 0.1) is 6.92 Å². The fourth-order valence-corrected chi connectivity index (χ4v) is 2.69. The number of carbonyl (C=O) groups is 1. The van der Waals surface area contributed by atoms with Crippen molar-refractivity contribution < 1.29 is 9.53 Å². The summed E-state index contributed by atoms with van der Waals surface area (Å²) in [6.45, 7) is 4.04. The molecule has 0 unspecified atom stereocenters. The third kappa shape index (κ3) is 1.84. The third-order valence-electron chi connectivity index (χ3n) is 3.53. The first-order valence-corrected chi connectivity index (χ1v) is 6.62. The summed E-state index contributed by atoms with van der Waals surface area (Å²) in [5, 5.41) is 0. The Bertz CT molecular complexity index is 691. The van der Waals surface area contributed by atoms with Gasteiger partial charge in [0.2, 0.25) is 5.95 Å². The van der Waals surface area contributed by atoms with Gasteiger partial charge in [0.1, 0.15) is 0 Å². The maximum absolute atomic E-state index is 12.1. The lowest BCUT2D eigenvalue weighted by Crippen LogP contribution is -2.12. The number of ether oxygens (including phenoxy) is 1. The predicted octanol–water partition coefficient (Wildman–Crippen LogP) is 1.64. The molecule has 0 spiro atoms. The molecule has 2 aromatic heterocycles. The fourth-order valence-electron chi connectivity index (χ4n) is 2.69. The van der Waals surface area contributed by atoms with E-state index in [1.165, 1.54) is 0 Å². The lowest BCUT2D eigenvalue weighted by Gasteiger charge is -2.16. The average Bonchev–Trinajstić information content (AvgIpc) is 2.75. The van der Waals surface area contributed by atoms with Crippen molar-refractivity contribution in [1.82, 2.24) is 15.0 Å². The van der Waals surface area contributed by atoms with Crippen LogP contribution in [0.15, 0.2) is 6.20 Å². The van der Waals surface area contributed by atoms with Gasteiger partial charge in [-0.05, 0) is 37.8 Å². The van der Waals surface area contributed by atoms with Crippen molar-refractivity contribution in [2.75, 3.05) is 12.3 Å². The van der Waals surface area contributed by atoms with Gasteiger partial charge < -0.3 is 15.5 Å². The Hall–Kier alpha value is -2.37. The molecule has 0 saturated carbocycles. The number of aromatic nitrogens is 3. The van der Waals surface area contributed by atoms with E-state index in [4.69, 9.17) is 10.5 Å². The molecule has 0 aliphatic heterocycles. The number of nitrogens with zero attached hydrogens (tertiary/aromatic N) is 2. The molecule has 1 aliphatic carbocycles. The normalized spacial score (nSPS) is 12.7. The number of carbonyl (C=O) groups excluding carboxylic acids is 1. The first kappa shape index (κ1) is 12.7. The number of nitrogen functional groups attached to an aromatic ring is 1. The number of hydrogen-bond acceptors (Lipinski definition) is 5. The van der Waals surface area contributed by atoms with E-state index in [-0.39, 0.29) is 11.9 Å². The van der Waals surface area contributed by atoms with Crippen molar-refractivity contribution in [3.63, 3.8) is 0 Å². The van der Waals surface area contributed by atoms with Crippen molar-refractivity contribution in [3.05, 3.63) is 28.6 Å². The largest absolute Gasteiger partial charge is 0.462 e. The highest BCUT2D eigenvalue weighted by Gasteiger charge is 2.28. The molecule has 0 bridgehead atoms. The van der Waals surface area contributed by atoms with Crippen LogP contribution in [0.25, 0.3) is 11.4 Å². The van der Waals surface area contributed by atoms with Gasteiger partial charge in [-0.2, -0.15) is 0 Å². The van der Waals surface area contributed by atoms with Gasteiger partial charge in [-0.15, -0.1) is 0 Å². The maximum Gasteiger partial charge on any atom is 0.340 e. The zero-order valence-electron chi connectivity index (χ0n) is 11.5. The molecule has 0 amide bonds. The number of rotatable bonds is 2. The van der Waals surface area contributed by atoms with E-state index in [9.17, 15) is 4.79 Å². The molecule has 6 heteroatoms. The zero-order valence-corrected chi connectivity index (χ0v) is 11.5. The molecule has 3 N–H and O–H groups in total. The number of aryl methyl sites for hydroxylation is 2. The summed E-state index contributed by atoms with van der Waals surface area (Å²) in [6, 6.07) is 0.